The van der Waals surface area contributed by atoms with Crippen LogP contribution in [0.15, 0.2) is 12.3 Å². The predicted molar refractivity (Wildman–Crippen MR) is 96.2 cm³/mol. The largest absolute Gasteiger partial charge is 0.325 e. The van der Waals surface area contributed by atoms with E-state index in [9.17, 15) is 14.4 Å². The summed E-state index contributed by atoms with van der Waals surface area (Å²) in [6, 6.07) is 1.17. The van der Waals surface area contributed by atoms with Crippen LogP contribution in [0.1, 0.15) is 46.5 Å². The molecule has 0 unspecified atom stereocenters. The van der Waals surface area contributed by atoms with Gasteiger partial charge in [-0.15, -0.1) is 0 Å². The number of carbonyl (C=O) groups is 3. The second-order valence-electron chi connectivity index (χ2n) is 8.47. The van der Waals surface area contributed by atoms with Crippen LogP contribution in [0.4, 0.5) is 10.6 Å². The van der Waals surface area contributed by atoms with Crippen LogP contribution in [-0.4, -0.2) is 44.6 Å². The number of urea groups is 1. The van der Waals surface area contributed by atoms with Crippen molar-refractivity contribution in [2.45, 2.75) is 52.0 Å². The number of nitrogens with zero attached hydrogens (tertiary/aromatic N) is 3. The van der Waals surface area contributed by atoms with Crippen molar-refractivity contribution in [3.8, 4) is 0 Å². The Balaban J connectivity index is 1.63. The lowest BCUT2D eigenvalue weighted by Crippen LogP contribution is -2.51. The Morgan fingerprint density at radius 2 is 2.00 bits per heavy atom. The zero-order valence-electron chi connectivity index (χ0n) is 15.8. The Morgan fingerprint density at radius 3 is 2.54 bits per heavy atom. The summed E-state index contributed by atoms with van der Waals surface area (Å²) in [5, 5.41) is 9.52. The summed E-state index contributed by atoms with van der Waals surface area (Å²) in [4.78, 5) is 38.4. The van der Waals surface area contributed by atoms with Crippen LogP contribution in [0.3, 0.4) is 0 Å². The van der Waals surface area contributed by atoms with Gasteiger partial charge in [-0.05, 0) is 37.0 Å². The first-order valence-electron chi connectivity index (χ1n) is 9.04. The normalized spacial score (nSPS) is 26.3. The first-order chi connectivity index (χ1) is 12.1. The number of imide groups is 1. The van der Waals surface area contributed by atoms with E-state index in [1.54, 1.807) is 24.0 Å². The van der Waals surface area contributed by atoms with Gasteiger partial charge in [-0.3, -0.25) is 19.2 Å². The maximum atomic E-state index is 12.9. The molecule has 1 spiro atoms. The summed E-state index contributed by atoms with van der Waals surface area (Å²) in [6.45, 7) is 6.32. The highest BCUT2D eigenvalue weighted by Crippen LogP contribution is 2.43. The highest BCUT2D eigenvalue weighted by atomic mass is 16.2. The topological polar surface area (TPSA) is 96.3 Å². The summed E-state index contributed by atoms with van der Waals surface area (Å²) >= 11 is 0. The molecule has 142 valence electrons. The van der Waals surface area contributed by atoms with Crippen molar-refractivity contribution >= 4 is 23.7 Å². The zero-order valence-corrected chi connectivity index (χ0v) is 15.8. The molecule has 8 nitrogen and oxygen atoms in total. The molecule has 0 aromatic carbocycles. The van der Waals surface area contributed by atoms with Gasteiger partial charge in [-0.2, -0.15) is 5.10 Å². The first kappa shape index (κ1) is 18.4. The average molecular weight is 361 g/mol. The van der Waals surface area contributed by atoms with Crippen molar-refractivity contribution in [3.05, 3.63) is 12.3 Å². The molecular formula is C18H27N5O3. The summed E-state index contributed by atoms with van der Waals surface area (Å²) < 4.78 is 1.56. The molecule has 0 bridgehead atoms. The SMILES string of the molecule is Cn1ccc(NC(=O)CN2C(=O)NC3(CCC(C(C)(C)C)CC3)C2=O)n1. The van der Waals surface area contributed by atoms with E-state index in [2.05, 4.69) is 36.5 Å². The van der Waals surface area contributed by atoms with Gasteiger partial charge in [0.15, 0.2) is 5.82 Å². The van der Waals surface area contributed by atoms with Crippen LogP contribution >= 0.6 is 0 Å². The van der Waals surface area contributed by atoms with Gasteiger partial charge in [0.05, 0.1) is 0 Å². The van der Waals surface area contributed by atoms with Gasteiger partial charge in [0, 0.05) is 19.3 Å². The van der Waals surface area contributed by atoms with E-state index in [0.29, 0.717) is 24.6 Å². The third-order valence-corrected chi connectivity index (χ3v) is 5.59. The lowest BCUT2D eigenvalue weighted by Gasteiger charge is -2.40. The molecule has 0 radical (unpaired) electrons. The van der Waals surface area contributed by atoms with Crippen molar-refractivity contribution in [2.75, 3.05) is 11.9 Å². The Hall–Kier alpha value is -2.38. The molecule has 0 atom stereocenters. The Bertz CT molecular complexity index is 725. The molecule has 26 heavy (non-hydrogen) atoms. The number of anilines is 1. The molecular weight excluding hydrogens is 334 g/mol. The van der Waals surface area contributed by atoms with Crippen molar-refractivity contribution < 1.29 is 14.4 Å². The van der Waals surface area contributed by atoms with E-state index in [0.717, 1.165) is 17.7 Å². The summed E-state index contributed by atoms with van der Waals surface area (Å²) in [7, 11) is 1.74. The van der Waals surface area contributed by atoms with Crippen molar-refractivity contribution in [3.63, 3.8) is 0 Å². The van der Waals surface area contributed by atoms with Crippen LogP contribution in [0.2, 0.25) is 0 Å². The highest BCUT2D eigenvalue weighted by Gasteiger charge is 2.53. The number of hydrogen-bond acceptors (Lipinski definition) is 4. The van der Waals surface area contributed by atoms with Gasteiger partial charge in [-0.25, -0.2) is 4.79 Å². The lowest BCUT2D eigenvalue weighted by atomic mass is 9.67. The molecule has 1 aliphatic carbocycles. The molecule has 2 N–H and O–H groups in total. The fourth-order valence-corrected chi connectivity index (χ4v) is 3.94. The van der Waals surface area contributed by atoms with E-state index in [4.69, 9.17) is 0 Å². The molecule has 1 aromatic heterocycles. The molecule has 3 rings (SSSR count). The molecule has 8 heteroatoms. The van der Waals surface area contributed by atoms with E-state index in [-0.39, 0.29) is 17.9 Å². The number of rotatable bonds is 3. The summed E-state index contributed by atoms with van der Waals surface area (Å²) in [5.74, 6) is 0.197. The van der Waals surface area contributed by atoms with Crippen molar-refractivity contribution in [2.24, 2.45) is 18.4 Å². The molecule has 1 aliphatic heterocycles. The van der Waals surface area contributed by atoms with E-state index >= 15 is 0 Å². The second-order valence-corrected chi connectivity index (χ2v) is 8.47. The van der Waals surface area contributed by atoms with E-state index in [1.165, 1.54) is 0 Å². The molecule has 4 amide bonds. The van der Waals surface area contributed by atoms with E-state index in [1.807, 2.05) is 0 Å². The lowest BCUT2D eigenvalue weighted by molar-refractivity contribution is -0.135. The number of aryl methyl sites for hydroxylation is 1. The molecule has 2 heterocycles. The van der Waals surface area contributed by atoms with Gasteiger partial charge < -0.3 is 10.6 Å². The molecule has 2 aliphatic rings. The minimum atomic E-state index is -0.843. The van der Waals surface area contributed by atoms with Gasteiger partial charge in [0.25, 0.3) is 5.91 Å². The van der Waals surface area contributed by atoms with Gasteiger partial charge in [-0.1, -0.05) is 20.8 Å². The quantitative estimate of drug-likeness (QED) is 0.804. The Morgan fingerprint density at radius 1 is 1.35 bits per heavy atom. The van der Waals surface area contributed by atoms with Crippen LogP contribution in [-0.2, 0) is 16.6 Å². The second kappa shape index (κ2) is 6.41. The monoisotopic (exact) mass is 361 g/mol. The van der Waals surface area contributed by atoms with Crippen LogP contribution in [0, 0.1) is 11.3 Å². The molecule has 2 fully saturated rings. The maximum absolute atomic E-state index is 12.9. The highest BCUT2D eigenvalue weighted by molar-refractivity contribution is 6.10. The number of amides is 4. The first-order valence-corrected chi connectivity index (χ1v) is 9.04. The molecule has 1 saturated carbocycles. The predicted octanol–water partition coefficient (Wildman–Crippen LogP) is 1.89. The Labute approximate surface area is 153 Å². The van der Waals surface area contributed by atoms with Crippen molar-refractivity contribution in [1.29, 1.82) is 0 Å². The van der Waals surface area contributed by atoms with Gasteiger partial charge in [0.2, 0.25) is 5.91 Å². The van der Waals surface area contributed by atoms with Crippen LogP contribution in [0.25, 0.3) is 0 Å². The average Bonchev–Trinajstić information content (AvgIpc) is 3.04. The van der Waals surface area contributed by atoms with Crippen molar-refractivity contribution in [1.82, 2.24) is 20.0 Å². The minimum Gasteiger partial charge on any atom is -0.323 e. The van der Waals surface area contributed by atoms with Gasteiger partial charge >= 0.3 is 6.03 Å². The van der Waals surface area contributed by atoms with E-state index < -0.39 is 17.5 Å². The number of hydrogen-bond donors (Lipinski definition) is 2. The Kier molecular flexibility index (Phi) is 4.54. The molecule has 1 saturated heterocycles. The van der Waals surface area contributed by atoms with Crippen LogP contribution in [0.5, 0.6) is 0 Å². The van der Waals surface area contributed by atoms with Gasteiger partial charge in [0.1, 0.15) is 12.1 Å². The third-order valence-electron chi connectivity index (χ3n) is 5.59. The maximum Gasteiger partial charge on any atom is 0.325 e. The standard InChI is InChI=1S/C18H27N5O3/c1-17(2,3)12-5-8-18(9-6-12)15(25)23(16(26)20-18)11-14(24)19-13-7-10-22(4)21-13/h7,10,12H,5-6,8-9,11H2,1-4H3,(H,20,26)(H,19,21,24). The fourth-order valence-electron chi connectivity index (χ4n) is 3.94. The minimum absolute atomic E-state index is 0.190. The molecule has 1 aromatic rings. The summed E-state index contributed by atoms with van der Waals surface area (Å²) in [5.41, 5.74) is -0.653. The fraction of sp³-hybridized carbons (Fsp3) is 0.667. The number of nitrogens with one attached hydrogen (secondary N) is 2. The zero-order chi connectivity index (χ0) is 19.1. The third kappa shape index (κ3) is 3.45. The number of aromatic nitrogens is 2. The summed E-state index contributed by atoms with van der Waals surface area (Å²) in [6.07, 6.45) is 4.73. The smallest absolute Gasteiger partial charge is 0.323 e. The number of carbonyl (C=O) groups excluding carboxylic acids is 3. The van der Waals surface area contributed by atoms with Crippen LogP contribution < -0.4 is 10.6 Å².